The number of hydrazine groups is 1. The molecule has 0 heterocycles. The van der Waals surface area contributed by atoms with Gasteiger partial charge in [0.2, 0.25) is 0 Å². The van der Waals surface area contributed by atoms with Gasteiger partial charge in [0.1, 0.15) is 5.82 Å². The predicted molar refractivity (Wildman–Crippen MR) is 86.4 cm³/mol. The summed E-state index contributed by atoms with van der Waals surface area (Å²) in [5.74, 6) is 5.34. The molecule has 0 saturated carbocycles. The van der Waals surface area contributed by atoms with Gasteiger partial charge in [0.25, 0.3) is 0 Å². The highest BCUT2D eigenvalue weighted by Crippen LogP contribution is 2.28. The second kappa shape index (κ2) is 6.67. The Hall–Kier alpha value is -0.950. The number of nitrogens with two attached hydrogens (primary N) is 2. The quantitative estimate of drug-likeness (QED) is 0.415. The van der Waals surface area contributed by atoms with Gasteiger partial charge in [0.15, 0.2) is 0 Å². The maximum atomic E-state index is 13.8. The number of halogens is 3. The summed E-state index contributed by atoms with van der Waals surface area (Å²) < 4.78 is 15.6. The van der Waals surface area contributed by atoms with Crippen LogP contribution in [-0.4, -0.2) is 0 Å². The van der Waals surface area contributed by atoms with Crippen LogP contribution in [0.5, 0.6) is 0 Å². The molecule has 1 atom stereocenters. The molecule has 0 spiro atoms. The Morgan fingerprint density at radius 2 is 1.75 bits per heavy atom. The summed E-state index contributed by atoms with van der Waals surface area (Å²) in [6.45, 7) is 0. The van der Waals surface area contributed by atoms with E-state index in [1.807, 2.05) is 12.1 Å². The average Bonchev–Trinajstić information content (AvgIpc) is 2.42. The van der Waals surface area contributed by atoms with Crippen molar-refractivity contribution in [2.24, 2.45) is 5.84 Å². The van der Waals surface area contributed by atoms with Crippen LogP contribution < -0.4 is 17.0 Å². The van der Waals surface area contributed by atoms with Gasteiger partial charge in [-0.05, 0) is 53.9 Å². The molecule has 1 unspecified atom stereocenters. The summed E-state index contributed by atoms with van der Waals surface area (Å²) >= 11 is 6.74. The molecular weight excluding hydrogens is 389 g/mol. The van der Waals surface area contributed by atoms with Crippen molar-refractivity contribution in [3.63, 3.8) is 0 Å². The minimum atomic E-state index is -0.267. The Morgan fingerprint density at radius 3 is 2.45 bits per heavy atom. The van der Waals surface area contributed by atoms with Crippen molar-refractivity contribution in [1.29, 1.82) is 0 Å². The lowest BCUT2D eigenvalue weighted by Crippen LogP contribution is -2.30. The van der Waals surface area contributed by atoms with Gasteiger partial charge in [0, 0.05) is 14.6 Å². The molecule has 3 nitrogen and oxygen atoms in total. The molecule has 106 valence electrons. The van der Waals surface area contributed by atoms with Crippen LogP contribution in [0.2, 0.25) is 0 Å². The van der Waals surface area contributed by atoms with E-state index in [4.69, 9.17) is 11.6 Å². The van der Waals surface area contributed by atoms with Crippen LogP contribution in [0.1, 0.15) is 17.2 Å². The summed E-state index contributed by atoms with van der Waals surface area (Å²) in [4.78, 5) is 0. The third kappa shape index (κ3) is 3.58. The highest BCUT2D eigenvalue weighted by atomic mass is 79.9. The SMILES string of the molecule is NNC(Cc1cc(Br)ccc1F)c1cc(Br)ccc1N. The lowest BCUT2D eigenvalue weighted by molar-refractivity contribution is 0.530. The second-order valence-corrected chi connectivity index (χ2v) is 6.26. The van der Waals surface area contributed by atoms with Gasteiger partial charge in [0.05, 0.1) is 6.04 Å². The van der Waals surface area contributed by atoms with E-state index >= 15 is 0 Å². The predicted octanol–water partition coefficient (Wildman–Crippen LogP) is 3.68. The van der Waals surface area contributed by atoms with Crippen LogP contribution in [0.3, 0.4) is 0 Å². The summed E-state index contributed by atoms with van der Waals surface area (Å²) in [6, 6.07) is 10.1. The van der Waals surface area contributed by atoms with Crippen LogP contribution in [0.25, 0.3) is 0 Å². The van der Waals surface area contributed by atoms with Crippen LogP contribution in [0.15, 0.2) is 45.3 Å². The monoisotopic (exact) mass is 401 g/mol. The van der Waals surface area contributed by atoms with Crippen molar-refractivity contribution in [3.05, 3.63) is 62.3 Å². The molecule has 6 heteroatoms. The fraction of sp³-hybridized carbons (Fsp3) is 0.143. The Morgan fingerprint density at radius 1 is 1.10 bits per heavy atom. The maximum Gasteiger partial charge on any atom is 0.126 e. The van der Waals surface area contributed by atoms with Crippen molar-refractivity contribution >= 4 is 37.5 Å². The molecule has 0 aliphatic rings. The lowest BCUT2D eigenvalue weighted by Gasteiger charge is -2.19. The smallest absolute Gasteiger partial charge is 0.126 e. The third-order valence-corrected chi connectivity index (χ3v) is 4.04. The molecule has 0 saturated heterocycles. The Balaban J connectivity index is 2.33. The van der Waals surface area contributed by atoms with E-state index in [0.717, 1.165) is 14.5 Å². The highest BCUT2D eigenvalue weighted by molar-refractivity contribution is 9.10. The zero-order valence-corrected chi connectivity index (χ0v) is 13.7. The number of anilines is 1. The van der Waals surface area contributed by atoms with Crippen molar-refractivity contribution in [1.82, 2.24) is 5.43 Å². The number of hydrogen-bond donors (Lipinski definition) is 3. The van der Waals surface area contributed by atoms with E-state index in [1.165, 1.54) is 6.07 Å². The fourth-order valence-corrected chi connectivity index (χ4v) is 2.81. The van der Waals surface area contributed by atoms with E-state index in [-0.39, 0.29) is 11.9 Å². The standard InChI is InChI=1S/C14H14Br2FN3/c15-9-1-3-12(17)8(5-9)6-14(20-19)11-7-10(16)2-4-13(11)18/h1-5,7,14,20H,6,18-19H2. The normalized spacial score (nSPS) is 12.4. The summed E-state index contributed by atoms with van der Waals surface area (Å²) in [5, 5.41) is 0. The first-order valence-corrected chi connectivity index (χ1v) is 7.55. The molecular formula is C14H14Br2FN3. The van der Waals surface area contributed by atoms with Gasteiger partial charge < -0.3 is 5.73 Å². The molecule has 5 N–H and O–H groups in total. The van der Waals surface area contributed by atoms with Crippen LogP contribution in [0, 0.1) is 5.82 Å². The first-order chi connectivity index (χ1) is 9.51. The van der Waals surface area contributed by atoms with E-state index < -0.39 is 0 Å². The molecule has 0 amide bonds. The molecule has 2 aromatic rings. The molecule has 2 rings (SSSR count). The number of benzene rings is 2. The van der Waals surface area contributed by atoms with Gasteiger partial charge in [-0.2, -0.15) is 0 Å². The fourth-order valence-electron chi connectivity index (χ4n) is 2.03. The van der Waals surface area contributed by atoms with Gasteiger partial charge in [-0.3, -0.25) is 11.3 Å². The lowest BCUT2D eigenvalue weighted by atomic mass is 9.98. The zero-order chi connectivity index (χ0) is 14.7. The zero-order valence-electron chi connectivity index (χ0n) is 10.5. The number of nitrogens with one attached hydrogen (secondary N) is 1. The first-order valence-electron chi connectivity index (χ1n) is 5.96. The van der Waals surface area contributed by atoms with Crippen LogP contribution in [0.4, 0.5) is 10.1 Å². The van der Waals surface area contributed by atoms with Crippen LogP contribution >= 0.6 is 31.9 Å². The second-order valence-electron chi connectivity index (χ2n) is 4.43. The molecule has 0 radical (unpaired) electrons. The molecule has 0 fully saturated rings. The summed E-state index contributed by atoms with van der Waals surface area (Å²) in [5.41, 5.74) is 10.7. The largest absolute Gasteiger partial charge is 0.398 e. The van der Waals surface area contributed by atoms with E-state index in [1.54, 1.807) is 18.2 Å². The molecule has 0 aliphatic heterocycles. The average molecular weight is 403 g/mol. The molecule has 0 bridgehead atoms. The summed E-state index contributed by atoms with van der Waals surface area (Å²) in [6.07, 6.45) is 0.405. The van der Waals surface area contributed by atoms with E-state index in [0.29, 0.717) is 17.7 Å². The van der Waals surface area contributed by atoms with Gasteiger partial charge in [-0.1, -0.05) is 31.9 Å². The maximum absolute atomic E-state index is 13.8. The first kappa shape index (κ1) is 15.4. The molecule has 20 heavy (non-hydrogen) atoms. The Labute approximate surface area is 133 Å². The number of nitrogen functional groups attached to an aromatic ring is 1. The number of hydrogen-bond acceptors (Lipinski definition) is 3. The summed E-state index contributed by atoms with van der Waals surface area (Å²) in [7, 11) is 0. The van der Waals surface area contributed by atoms with Gasteiger partial charge in [-0.25, -0.2) is 4.39 Å². The molecule has 2 aromatic carbocycles. The topological polar surface area (TPSA) is 64.1 Å². The van der Waals surface area contributed by atoms with Crippen molar-refractivity contribution in [3.8, 4) is 0 Å². The minimum Gasteiger partial charge on any atom is -0.398 e. The van der Waals surface area contributed by atoms with Crippen molar-refractivity contribution < 1.29 is 4.39 Å². The van der Waals surface area contributed by atoms with Crippen molar-refractivity contribution in [2.75, 3.05) is 5.73 Å². The Kier molecular flexibility index (Phi) is 5.15. The van der Waals surface area contributed by atoms with Crippen molar-refractivity contribution in [2.45, 2.75) is 12.5 Å². The Bertz CT molecular complexity index is 619. The van der Waals surface area contributed by atoms with Gasteiger partial charge in [-0.15, -0.1) is 0 Å². The molecule has 0 aromatic heterocycles. The van der Waals surface area contributed by atoms with E-state index in [2.05, 4.69) is 37.3 Å². The minimum absolute atomic E-state index is 0.262. The van der Waals surface area contributed by atoms with E-state index in [9.17, 15) is 4.39 Å². The van der Waals surface area contributed by atoms with Crippen LogP contribution in [-0.2, 0) is 6.42 Å². The highest BCUT2D eigenvalue weighted by Gasteiger charge is 2.16. The third-order valence-electron chi connectivity index (χ3n) is 3.06. The molecule has 0 aliphatic carbocycles. The number of rotatable bonds is 4. The van der Waals surface area contributed by atoms with Gasteiger partial charge >= 0.3 is 0 Å².